The van der Waals surface area contributed by atoms with Gasteiger partial charge in [-0.3, -0.25) is 0 Å². The second-order valence-electron chi connectivity index (χ2n) is 8.22. The van der Waals surface area contributed by atoms with Crippen LogP contribution in [0.5, 0.6) is 0 Å². The molecule has 5 nitrogen and oxygen atoms in total. The van der Waals surface area contributed by atoms with E-state index in [0.717, 1.165) is 5.57 Å². The number of hydrogen-bond acceptors (Lipinski definition) is 5. The molecule has 5 atom stereocenters. The first-order valence-corrected chi connectivity index (χ1v) is 9.21. The topological polar surface area (TPSA) is 87.0 Å². The summed E-state index contributed by atoms with van der Waals surface area (Å²) in [7, 11) is 0. The van der Waals surface area contributed by atoms with E-state index in [2.05, 4.69) is 6.58 Å². The number of rotatable bonds is 0. The molecule has 1 aliphatic carbocycles. The molecule has 0 spiro atoms. The minimum Gasteiger partial charge on any atom is -0.453 e. The summed E-state index contributed by atoms with van der Waals surface area (Å²) >= 11 is 0. The number of carbonyl (C=O) groups is 1. The molecule has 0 saturated carbocycles. The Morgan fingerprint density at radius 3 is 2.56 bits per heavy atom. The van der Waals surface area contributed by atoms with E-state index in [0.29, 0.717) is 44.1 Å². The van der Waals surface area contributed by atoms with Gasteiger partial charge in [-0.05, 0) is 71.6 Å². The van der Waals surface area contributed by atoms with Crippen molar-refractivity contribution >= 4 is 5.97 Å². The van der Waals surface area contributed by atoms with E-state index in [-0.39, 0.29) is 12.3 Å². The van der Waals surface area contributed by atoms with Gasteiger partial charge in [-0.2, -0.15) is 0 Å². The molecule has 3 N–H and O–H groups in total. The van der Waals surface area contributed by atoms with E-state index in [9.17, 15) is 20.1 Å². The van der Waals surface area contributed by atoms with Crippen molar-refractivity contribution in [3.05, 3.63) is 23.8 Å². The van der Waals surface area contributed by atoms with Crippen molar-refractivity contribution in [2.75, 3.05) is 0 Å². The fourth-order valence-electron chi connectivity index (χ4n) is 3.70. The Kier molecular flexibility index (Phi) is 6.13. The fraction of sp³-hybridized carbons (Fsp3) is 0.750. The summed E-state index contributed by atoms with van der Waals surface area (Å²) in [5.41, 5.74) is -0.741. The maximum absolute atomic E-state index is 12.4. The van der Waals surface area contributed by atoms with Gasteiger partial charge in [-0.25, -0.2) is 4.79 Å². The SMILES string of the molecule is C=C1C(=O)O[C@]2(C)CC[C@@H]1C[C@H](O)[C@@](C)(O)CCC=C(C)CC[C@@H]2O. The summed E-state index contributed by atoms with van der Waals surface area (Å²) in [6.07, 6.45) is 4.00. The molecule has 0 aromatic rings. The standard InChI is InChI=1S/C20H32O5/c1-13-6-5-10-19(3,24)17(22)12-15-9-11-20(4,16(21)8-7-13)25-18(23)14(15)2/h6,15-17,21-22,24H,2,5,7-12H2,1,3-4H3/t15-,16+,17+,19+,20-/m1/s1. The van der Waals surface area contributed by atoms with Crippen LogP contribution in [0, 0.1) is 5.92 Å². The molecule has 0 amide bonds. The molecule has 25 heavy (non-hydrogen) atoms. The quantitative estimate of drug-likeness (QED) is 0.354. The molecule has 0 radical (unpaired) electrons. The van der Waals surface area contributed by atoms with Gasteiger partial charge in [-0.15, -0.1) is 0 Å². The summed E-state index contributed by atoms with van der Waals surface area (Å²) in [5, 5.41) is 31.8. The van der Waals surface area contributed by atoms with Crippen LogP contribution in [0.15, 0.2) is 23.8 Å². The Morgan fingerprint density at radius 2 is 1.88 bits per heavy atom. The van der Waals surface area contributed by atoms with Gasteiger partial charge in [0.2, 0.25) is 0 Å². The maximum Gasteiger partial charge on any atom is 0.334 e. The first kappa shape index (κ1) is 20.1. The van der Waals surface area contributed by atoms with E-state index in [1.807, 2.05) is 13.0 Å². The van der Waals surface area contributed by atoms with Gasteiger partial charge in [0, 0.05) is 5.57 Å². The Balaban J connectivity index is 2.33. The van der Waals surface area contributed by atoms with Crippen LogP contribution >= 0.6 is 0 Å². The Morgan fingerprint density at radius 1 is 1.20 bits per heavy atom. The predicted molar refractivity (Wildman–Crippen MR) is 95.8 cm³/mol. The van der Waals surface area contributed by atoms with Crippen molar-refractivity contribution in [2.45, 2.75) is 89.1 Å². The normalized spacial score (nSPS) is 41.5. The minimum absolute atomic E-state index is 0.260. The lowest BCUT2D eigenvalue weighted by molar-refractivity contribution is -0.165. The van der Waals surface area contributed by atoms with E-state index >= 15 is 0 Å². The third-order valence-electron chi connectivity index (χ3n) is 5.96. The molecule has 1 heterocycles. The van der Waals surface area contributed by atoms with E-state index in [4.69, 9.17) is 4.74 Å². The van der Waals surface area contributed by atoms with Crippen LogP contribution in [0.25, 0.3) is 0 Å². The molecular weight excluding hydrogens is 320 g/mol. The van der Waals surface area contributed by atoms with Gasteiger partial charge < -0.3 is 20.1 Å². The Hall–Kier alpha value is -1.17. The monoisotopic (exact) mass is 352 g/mol. The molecule has 5 heteroatoms. The van der Waals surface area contributed by atoms with Gasteiger partial charge in [-0.1, -0.05) is 18.2 Å². The van der Waals surface area contributed by atoms with Crippen LogP contribution < -0.4 is 0 Å². The first-order chi connectivity index (χ1) is 11.5. The summed E-state index contributed by atoms with van der Waals surface area (Å²) in [5.74, 6) is -0.777. The van der Waals surface area contributed by atoms with Crippen molar-refractivity contribution in [3.8, 4) is 0 Å². The molecule has 2 bridgehead atoms. The van der Waals surface area contributed by atoms with Crippen molar-refractivity contribution in [1.29, 1.82) is 0 Å². The molecule has 2 rings (SSSR count). The van der Waals surface area contributed by atoms with Gasteiger partial charge in [0.1, 0.15) is 5.60 Å². The van der Waals surface area contributed by atoms with Crippen molar-refractivity contribution in [3.63, 3.8) is 0 Å². The highest BCUT2D eigenvalue weighted by Crippen LogP contribution is 2.38. The molecule has 1 aliphatic heterocycles. The molecule has 142 valence electrons. The number of aliphatic hydroxyl groups excluding tert-OH is 2. The van der Waals surface area contributed by atoms with Crippen LogP contribution in [-0.2, 0) is 9.53 Å². The Labute approximate surface area is 150 Å². The zero-order valence-electron chi connectivity index (χ0n) is 15.6. The summed E-state index contributed by atoms with van der Waals surface area (Å²) in [6, 6.07) is 0. The lowest BCUT2D eigenvalue weighted by Gasteiger charge is -2.33. The highest BCUT2D eigenvalue weighted by Gasteiger charge is 2.43. The van der Waals surface area contributed by atoms with Gasteiger partial charge in [0.05, 0.1) is 17.8 Å². The van der Waals surface area contributed by atoms with E-state index in [1.165, 1.54) is 0 Å². The average Bonchev–Trinajstić information content (AvgIpc) is 2.64. The zero-order chi connectivity index (χ0) is 18.8. The number of esters is 1. The van der Waals surface area contributed by atoms with Crippen molar-refractivity contribution < 1.29 is 24.9 Å². The Bertz CT molecular complexity index is 550. The van der Waals surface area contributed by atoms with Crippen LogP contribution in [0.3, 0.4) is 0 Å². The van der Waals surface area contributed by atoms with Crippen LogP contribution in [0.4, 0.5) is 0 Å². The summed E-state index contributed by atoms with van der Waals surface area (Å²) in [4.78, 5) is 12.4. The summed E-state index contributed by atoms with van der Waals surface area (Å²) < 4.78 is 5.60. The number of ether oxygens (including phenoxy) is 1. The number of hydrogen-bond donors (Lipinski definition) is 3. The smallest absolute Gasteiger partial charge is 0.334 e. The molecule has 1 saturated heterocycles. The van der Waals surface area contributed by atoms with E-state index < -0.39 is 29.4 Å². The first-order valence-electron chi connectivity index (χ1n) is 9.21. The largest absolute Gasteiger partial charge is 0.453 e. The average molecular weight is 352 g/mol. The highest BCUT2D eigenvalue weighted by atomic mass is 16.6. The molecular formula is C20H32O5. The molecule has 0 aromatic heterocycles. The van der Waals surface area contributed by atoms with Crippen LogP contribution in [-0.4, -0.2) is 44.7 Å². The number of fused-ring (bicyclic) bond motifs is 3. The fourth-order valence-corrected chi connectivity index (χ4v) is 3.70. The second kappa shape index (κ2) is 7.60. The second-order valence-corrected chi connectivity index (χ2v) is 8.22. The molecule has 0 aromatic carbocycles. The molecule has 1 fully saturated rings. The number of allylic oxidation sites excluding steroid dienone is 2. The van der Waals surface area contributed by atoms with E-state index in [1.54, 1.807) is 13.8 Å². The molecule has 2 aliphatic rings. The maximum atomic E-state index is 12.4. The number of aliphatic hydroxyl groups is 3. The van der Waals surface area contributed by atoms with Crippen molar-refractivity contribution in [1.82, 2.24) is 0 Å². The van der Waals surface area contributed by atoms with Gasteiger partial charge in [0.15, 0.2) is 0 Å². The third-order valence-corrected chi connectivity index (χ3v) is 5.96. The minimum atomic E-state index is -1.22. The zero-order valence-corrected chi connectivity index (χ0v) is 15.6. The highest BCUT2D eigenvalue weighted by molar-refractivity contribution is 5.89. The summed E-state index contributed by atoms with van der Waals surface area (Å²) in [6.45, 7) is 9.25. The van der Waals surface area contributed by atoms with Gasteiger partial charge >= 0.3 is 5.97 Å². The third kappa shape index (κ3) is 4.72. The lowest BCUT2D eigenvalue weighted by atomic mass is 9.80. The van der Waals surface area contributed by atoms with Crippen LogP contribution in [0.1, 0.15) is 65.7 Å². The number of carbonyl (C=O) groups excluding carboxylic acids is 1. The lowest BCUT2D eigenvalue weighted by Crippen LogP contribution is -2.43. The van der Waals surface area contributed by atoms with Crippen molar-refractivity contribution in [2.24, 2.45) is 5.92 Å². The molecule has 0 unspecified atom stereocenters. The van der Waals surface area contributed by atoms with Gasteiger partial charge in [0.25, 0.3) is 0 Å². The van der Waals surface area contributed by atoms with Crippen LogP contribution in [0.2, 0.25) is 0 Å². The predicted octanol–water partition coefficient (Wildman–Crippen LogP) is 2.64.